The zero-order chi connectivity index (χ0) is 20.5. The van der Waals surface area contributed by atoms with E-state index in [2.05, 4.69) is 72.8 Å². The van der Waals surface area contributed by atoms with Crippen molar-refractivity contribution in [2.24, 2.45) is 0 Å². The summed E-state index contributed by atoms with van der Waals surface area (Å²) in [4.78, 5) is 10.8. The Balaban J connectivity index is 1.92. The number of hydrogen-bond donors (Lipinski definition) is 2. The number of hydrogen-bond acceptors (Lipinski definition) is 3. The molecule has 0 bridgehead atoms. The average molecular weight is 407 g/mol. The van der Waals surface area contributed by atoms with Gasteiger partial charge in [-0.05, 0) is 41.7 Å². The number of carbonyl (C=O) groups is 1. The smallest absolute Gasteiger partial charge is 0.332 e. The molecule has 150 valence electrons. The monoisotopic (exact) mass is 406 g/mol. The number of unbranched alkanes of at least 4 members (excludes halogenated alkanes) is 1. The Morgan fingerprint density at radius 2 is 1.17 bits per heavy atom. The molecule has 3 rings (SSSR count). The summed E-state index contributed by atoms with van der Waals surface area (Å²) in [6.07, 6.45) is 0.519. The Morgan fingerprint density at radius 3 is 1.55 bits per heavy atom. The molecule has 0 spiro atoms. The normalized spacial score (nSPS) is 12.4. The Kier molecular flexibility index (Phi) is 7.50. The maximum atomic E-state index is 10.8. The van der Waals surface area contributed by atoms with Gasteiger partial charge < -0.3 is 10.2 Å². The van der Waals surface area contributed by atoms with Gasteiger partial charge in [-0.1, -0.05) is 91.0 Å². The number of carboxylic acids is 1. The SMILES string of the molecule is O=C(O)C(O)CCCCSC(c1ccccc1)(c1ccccc1)c1ccccc1. The molecule has 0 aliphatic rings. The van der Waals surface area contributed by atoms with E-state index in [1.807, 2.05) is 30.0 Å². The number of thioether (sulfide) groups is 1. The molecule has 0 saturated carbocycles. The molecule has 0 radical (unpaired) electrons. The first kappa shape index (κ1) is 21.2. The molecule has 1 atom stereocenters. The Bertz CT molecular complexity index is 785. The molecule has 3 aromatic carbocycles. The fourth-order valence-electron chi connectivity index (χ4n) is 3.56. The van der Waals surface area contributed by atoms with Crippen LogP contribution >= 0.6 is 11.8 Å². The molecule has 1 unspecified atom stereocenters. The van der Waals surface area contributed by atoms with Gasteiger partial charge in [0.25, 0.3) is 0 Å². The lowest BCUT2D eigenvalue weighted by molar-refractivity contribution is -0.146. The minimum Gasteiger partial charge on any atom is -0.479 e. The van der Waals surface area contributed by atoms with Gasteiger partial charge in [-0.2, -0.15) is 0 Å². The molecule has 0 heterocycles. The molecule has 2 N–H and O–H groups in total. The largest absolute Gasteiger partial charge is 0.479 e. The number of aliphatic hydroxyl groups is 1. The molecule has 0 fully saturated rings. The van der Waals surface area contributed by atoms with Crippen LogP contribution in [-0.2, 0) is 9.54 Å². The van der Waals surface area contributed by atoms with E-state index >= 15 is 0 Å². The molecule has 29 heavy (non-hydrogen) atoms. The van der Waals surface area contributed by atoms with E-state index in [4.69, 9.17) is 5.11 Å². The summed E-state index contributed by atoms with van der Waals surface area (Å²) in [7, 11) is 0. The zero-order valence-corrected chi connectivity index (χ0v) is 17.1. The summed E-state index contributed by atoms with van der Waals surface area (Å²) in [5.74, 6) is -0.296. The molecular weight excluding hydrogens is 380 g/mol. The molecular formula is C25H26O3S. The molecule has 0 aromatic heterocycles. The predicted octanol–water partition coefficient (Wildman–Crippen LogP) is 5.33. The van der Waals surface area contributed by atoms with Crippen LogP contribution in [0.4, 0.5) is 0 Å². The third-order valence-electron chi connectivity index (χ3n) is 5.02. The van der Waals surface area contributed by atoms with Crippen LogP contribution in [0.15, 0.2) is 91.0 Å². The lowest BCUT2D eigenvalue weighted by atomic mass is 9.84. The second-order valence-electron chi connectivity index (χ2n) is 6.98. The summed E-state index contributed by atoms with van der Waals surface area (Å²) in [5, 5.41) is 18.4. The van der Waals surface area contributed by atoms with Gasteiger partial charge in [0.05, 0.1) is 4.75 Å². The quantitative estimate of drug-likeness (QED) is 0.353. The van der Waals surface area contributed by atoms with Gasteiger partial charge in [0.1, 0.15) is 0 Å². The maximum absolute atomic E-state index is 10.8. The Morgan fingerprint density at radius 1 is 0.759 bits per heavy atom. The molecule has 4 heteroatoms. The van der Waals surface area contributed by atoms with Crippen molar-refractivity contribution in [3.05, 3.63) is 108 Å². The molecule has 0 aliphatic carbocycles. The van der Waals surface area contributed by atoms with Crippen LogP contribution < -0.4 is 0 Å². The summed E-state index contributed by atoms with van der Waals surface area (Å²) in [6.45, 7) is 0. The highest BCUT2D eigenvalue weighted by atomic mass is 32.2. The first-order valence-electron chi connectivity index (χ1n) is 9.86. The van der Waals surface area contributed by atoms with Crippen LogP contribution in [0.25, 0.3) is 0 Å². The number of rotatable bonds is 10. The van der Waals surface area contributed by atoms with Gasteiger partial charge in [0.2, 0.25) is 0 Å². The highest BCUT2D eigenvalue weighted by Crippen LogP contribution is 2.48. The lowest BCUT2D eigenvalue weighted by Crippen LogP contribution is -2.26. The van der Waals surface area contributed by atoms with Crippen molar-refractivity contribution in [1.82, 2.24) is 0 Å². The minimum absolute atomic E-state index is 0.283. The Hall–Kier alpha value is -2.56. The van der Waals surface area contributed by atoms with Crippen LogP contribution in [0.3, 0.4) is 0 Å². The summed E-state index contributed by atoms with van der Waals surface area (Å²) >= 11 is 1.86. The minimum atomic E-state index is -1.28. The van der Waals surface area contributed by atoms with E-state index in [0.29, 0.717) is 6.42 Å². The molecule has 0 amide bonds. The maximum Gasteiger partial charge on any atom is 0.332 e. The van der Waals surface area contributed by atoms with E-state index in [1.165, 1.54) is 16.7 Å². The zero-order valence-electron chi connectivity index (χ0n) is 16.3. The van der Waals surface area contributed by atoms with Gasteiger partial charge in [-0.15, -0.1) is 11.8 Å². The predicted molar refractivity (Wildman–Crippen MR) is 119 cm³/mol. The molecule has 0 saturated heterocycles. The molecule has 3 nitrogen and oxygen atoms in total. The van der Waals surface area contributed by atoms with Crippen molar-refractivity contribution in [2.75, 3.05) is 5.75 Å². The first-order chi connectivity index (χ1) is 14.1. The second-order valence-corrected chi connectivity index (χ2v) is 8.29. The number of aliphatic hydroxyl groups excluding tert-OH is 1. The van der Waals surface area contributed by atoms with E-state index < -0.39 is 12.1 Å². The van der Waals surface area contributed by atoms with Crippen molar-refractivity contribution < 1.29 is 15.0 Å². The van der Waals surface area contributed by atoms with Crippen LogP contribution in [0.1, 0.15) is 36.0 Å². The highest BCUT2D eigenvalue weighted by Gasteiger charge is 2.36. The Labute approximate surface area is 176 Å². The number of benzene rings is 3. The van der Waals surface area contributed by atoms with Crippen LogP contribution in [0.2, 0.25) is 0 Å². The fourth-order valence-corrected chi connectivity index (χ4v) is 5.12. The van der Waals surface area contributed by atoms with Gasteiger partial charge in [0.15, 0.2) is 6.10 Å². The van der Waals surface area contributed by atoms with Crippen LogP contribution in [-0.4, -0.2) is 28.0 Å². The van der Waals surface area contributed by atoms with Gasteiger partial charge in [-0.25, -0.2) is 4.79 Å². The fraction of sp³-hybridized carbons (Fsp3) is 0.240. The van der Waals surface area contributed by atoms with Crippen molar-refractivity contribution in [1.29, 1.82) is 0 Å². The third-order valence-corrected chi connectivity index (χ3v) is 6.65. The molecule has 0 aliphatic heterocycles. The van der Waals surface area contributed by atoms with E-state index in [-0.39, 0.29) is 11.2 Å². The van der Waals surface area contributed by atoms with Crippen LogP contribution in [0, 0.1) is 0 Å². The third kappa shape index (κ3) is 5.08. The van der Waals surface area contributed by atoms with Gasteiger partial charge in [-0.3, -0.25) is 0 Å². The summed E-state index contributed by atoms with van der Waals surface area (Å²) in [5.41, 5.74) is 3.65. The highest BCUT2D eigenvalue weighted by molar-refractivity contribution is 8.00. The molecule has 3 aromatic rings. The van der Waals surface area contributed by atoms with E-state index in [9.17, 15) is 9.90 Å². The summed E-state index contributed by atoms with van der Waals surface area (Å²) in [6, 6.07) is 31.5. The topological polar surface area (TPSA) is 57.5 Å². The van der Waals surface area contributed by atoms with Crippen molar-refractivity contribution >= 4 is 17.7 Å². The van der Waals surface area contributed by atoms with Gasteiger partial charge >= 0.3 is 5.97 Å². The lowest BCUT2D eigenvalue weighted by Gasteiger charge is -2.35. The summed E-state index contributed by atoms with van der Waals surface area (Å²) < 4.78 is -0.352. The number of aliphatic carboxylic acids is 1. The first-order valence-corrected chi connectivity index (χ1v) is 10.8. The van der Waals surface area contributed by atoms with E-state index in [0.717, 1.165) is 12.2 Å². The van der Waals surface area contributed by atoms with Crippen molar-refractivity contribution in [3.63, 3.8) is 0 Å². The van der Waals surface area contributed by atoms with E-state index in [1.54, 1.807) is 0 Å². The standard InChI is InChI=1S/C25H26O3S/c26-23(24(27)28)18-10-11-19-29-25(20-12-4-1-5-13-20,21-14-6-2-7-15-21)22-16-8-3-9-17-22/h1-9,12-17,23,26H,10-11,18-19H2,(H,27,28). The number of carboxylic acid groups (broad SMARTS) is 1. The second kappa shape index (κ2) is 10.3. The van der Waals surface area contributed by atoms with Crippen LogP contribution in [0.5, 0.6) is 0 Å². The van der Waals surface area contributed by atoms with Crippen molar-refractivity contribution in [3.8, 4) is 0 Å². The van der Waals surface area contributed by atoms with Gasteiger partial charge in [0, 0.05) is 0 Å². The average Bonchev–Trinajstić information content (AvgIpc) is 2.78. The van der Waals surface area contributed by atoms with Crippen molar-refractivity contribution in [2.45, 2.75) is 30.1 Å².